The average molecular weight is 451 g/mol. The Morgan fingerprint density at radius 2 is 1.85 bits per heavy atom. The summed E-state index contributed by atoms with van der Waals surface area (Å²) in [6.07, 6.45) is -1.05. The minimum absolute atomic E-state index is 0.203. The van der Waals surface area contributed by atoms with Gasteiger partial charge in [-0.3, -0.25) is 9.48 Å². The van der Waals surface area contributed by atoms with Crippen LogP contribution in [0, 0.1) is 34.6 Å². The summed E-state index contributed by atoms with van der Waals surface area (Å²) < 4.78 is 18.1. The summed E-state index contributed by atoms with van der Waals surface area (Å²) in [4.78, 5) is 30.4. The summed E-state index contributed by atoms with van der Waals surface area (Å²) in [5.74, 6) is 0.227. The zero-order valence-electron chi connectivity index (χ0n) is 19.6. The number of anilines is 1. The van der Waals surface area contributed by atoms with Gasteiger partial charge in [-0.15, -0.1) is 0 Å². The molecule has 0 aliphatic rings. The number of fused-ring (bicyclic) bond motifs is 1. The lowest BCUT2D eigenvalue weighted by atomic mass is 10.1. The Morgan fingerprint density at radius 3 is 2.45 bits per heavy atom. The number of nitrogens with one attached hydrogen (secondary N) is 1. The average Bonchev–Trinajstić information content (AvgIpc) is 3.38. The van der Waals surface area contributed by atoms with E-state index in [4.69, 9.17) is 13.7 Å². The molecule has 33 heavy (non-hydrogen) atoms. The first kappa shape index (κ1) is 22.3. The van der Waals surface area contributed by atoms with E-state index in [-0.39, 0.29) is 11.3 Å². The van der Waals surface area contributed by atoms with Crippen LogP contribution in [0.5, 0.6) is 0 Å². The number of hydrogen-bond donors (Lipinski definition) is 1. The monoisotopic (exact) mass is 451 g/mol. The van der Waals surface area contributed by atoms with Crippen molar-refractivity contribution in [1.29, 1.82) is 0 Å². The second kappa shape index (κ2) is 8.19. The highest BCUT2D eigenvalue weighted by Crippen LogP contribution is 2.31. The topological polar surface area (TPSA) is 125 Å². The largest absolute Gasteiger partial charge is 0.466 e. The molecule has 1 unspecified atom stereocenters. The molecule has 4 aromatic rings. The third kappa shape index (κ3) is 3.99. The van der Waals surface area contributed by atoms with Gasteiger partial charge in [-0.25, -0.2) is 9.78 Å². The zero-order valence-corrected chi connectivity index (χ0v) is 19.6. The van der Waals surface area contributed by atoms with Crippen molar-refractivity contribution < 1.29 is 23.3 Å². The molecule has 0 aliphatic carbocycles. The van der Waals surface area contributed by atoms with Crippen LogP contribution in [0.15, 0.2) is 21.1 Å². The molecule has 172 valence electrons. The van der Waals surface area contributed by atoms with Crippen LogP contribution in [0.2, 0.25) is 0 Å². The van der Waals surface area contributed by atoms with Crippen molar-refractivity contribution in [2.24, 2.45) is 7.05 Å². The second-order valence-electron chi connectivity index (χ2n) is 8.04. The highest BCUT2D eigenvalue weighted by atomic mass is 16.5. The van der Waals surface area contributed by atoms with Gasteiger partial charge in [0.15, 0.2) is 6.10 Å². The normalized spacial score (nSPS) is 12.2. The van der Waals surface area contributed by atoms with Crippen LogP contribution >= 0.6 is 0 Å². The van der Waals surface area contributed by atoms with E-state index >= 15 is 0 Å². The lowest BCUT2D eigenvalue weighted by molar-refractivity contribution is -0.123. The van der Waals surface area contributed by atoms with Gasteiger partial charge in [0.05, 0.1) is 39.4 Å². The highest BCUT2D eigenvalue weighted by molar-refractivity contribution is 6.05. The van der Waals surface area contributed by atoms with Crippen molar-refractivity contribution in [2.75, 3.05) is 5.32 Å². The molecule has 4 rings (SSSR count). The van der Waals surface area contributed by atoms with E-state index in [2.05, 4.69) is 20.6 Å². The predicted octanol–water partition coefficient (Wildman–Crippen LogP) is 3.94. The molecule has 0 spiro atoms. The molecule has 0 aromatic carbocycles. The van der Waals surface area contributed by atoms with Crippen LogP contribution in [0.25, 0.3) is 22.4 Å². The van der Waals surface area contributed by atoms with Crippen LogP contribution in [-0.4, -0.2) is 37.9 Å². The van der Waals surface area contributed by atoms with E-state index in [0.29, 0.717) is 39.7 Å². The zero-order chi connectivity index (χ0) is 24.0. The minimum Gasteiger partial charge on any atom is -0.466 e. The number of ether oxygens (including phenoxy) is 1. The molecule has 10 nitrogen and oxygen atoms in total. The Labute approximate surface area is 189 Å². The first-order valence-corrected chi connectivity index (χ1v) is 10.4. The maximum absolute atomic E-state index is 13.1. The van der Waals surface area contributed by atoms with E-state index < -0.39 is 18.0 Å². The Balaban J connectivity index is 1.64. The number of carbonyl (C=O) groups is 2. The minimum atomic E-state index is -1.05. The van der Waals surface area contributed by atoms with Gasteiger partial charge in [-0.1, -0.05) is 5.16 Å². The van der Waals surface area contributed by atoms with E-state index in [9.17, 15) is 9.59 Å². The van der Waals surface area contributed by atoms with Crippen LogP contribution < -0.4 is 5.32 Å². The highest BCUT2D eigenvalue weighted by Gasteiger charge is 2.26. The SMILES string of the molecule is Cc1cc(-c2cc(C(=O)OC(C)C(=O)Nc3c(C)nn(C)c3C)c3c(C)noc3n2)c(C)o1. The molecule has 4 heterocycles. The van der Waals surface area contributed by atoms with Gasteiger partial charge in [0, 0.05) is 12.6 Å². The number of pyridine rings is 1. The van der Waals surface area contributed by atoms with Gasteiger partial charge < -0.3 is 19.0 Å². The Kier molecular flexibility index (Phi) is 5.52. The molecule has 0 fully saturated rings. The number of furan rings is 1. The molecular weight excluding hydrogens is 426 g/mol. The van der Waals surface area contributed by atoms with E-state index in [1.165, 1.54) is 6.92 Å². The number of aromatic nitrogens is 4. The molecular formula is C23H25N5O5. The molecule has 0 bridgehead atoms. The maximum Gasteiger partial charge on any atom is 0.339 e. The number of hydrogen-bond acceptors (Lipinski definition) is 8. The van der Waals surface area contributed by atoms with E-state index in [0.717, 1.165) is 11.3 Å². The number of esters is 1. The Hall–Kier alpha value is -3.95. The maximum atomic E-state index is 13.1. The quantitative estimate of drug-likeness (QED) is 0.452. The van der Waals surface area contributed by atoms with Crippen molar-refractivity contribution in [2.45, 2.75) is 47.6 Å². The Morgan fingerprint density at radius 1 is 1.12 bits per heavy atom. The standard InChI is InChI=1S/C23H25N5O5/c1-10-8-16(14(5)31-10)18-9-17(19-11(2)27-33-22(19)24-18)23(30)32-15(6)21(29)25-20-12(3)26-28(7)13(20)4/h8-9,15H,1-7H3,(H,25,29). The summed E-state index contributed by atoms with van der Waals surface area (Å²) in [7, 11) is 1.79. The van der Waals surface area contributed by atoms with Gasteiger partial charge in [0.25, 0.3) is 11.6 Å². The van der Waals surface area contributed by atoms with Crippen molar-refractivity contribution >= 4 is 28.7 Å². The Bertz CT molecular complexity index is 1390. The molecule has 0 radical (unpaired) electrons. The summed E-state index contributed by atoms with van der Waals surface area (Å²) in [6, 6.07) is 3.43. The lowest BCUT2D eigenvalue weighted by Crippen LogP contribution is -2.30. The molecule has 0 aliphatic heterocycles. The fourth-order valence-corrected chi connectivity index (χ4v) is 3.74. The summed E-state index contributed by atoms with van der Waals surface area (Å²) in [5, 5.41) is 11.4. The molecule has 1 N–H and O–H groups in total. The first-order valence-electron chi connectivity index (χ1n) is 10.4. The predicted molar refractivity (Wildman–Crippen MR) is 120 cm³/mol. The number of nitrogens with zero attached hydrogens (tertiary/aromatic N) is 4. The molecule has 0 saturated heterocycles. The molecule has 0 saturated carbocycles. The van der Waals surface area contributed by atoms with Crippen LogP contribution in [0.3, 0.4) is 0 Å². The third-order valence-corrected chi connectivity index (χ3v) is 5.56. The van der Waals surface area contributed by atoms with Crippen LogP contribution in [0.4, 0.5) is 5.69 Å². The number of amides is 1. The van der Waals surface area contributed by atoms with Gasteiger partial charge in [-0.2, -0.15) is 5.10 Å². The fraction of sp³-hybridized carbons (Fsp3) is 0.348. The van der Waals surface area contributed by atoms with Crippen molar-refractivity contribution in [1.82, 2.24) is 19.9 Å². The summed E-state index contributed by atoms with van der Waals surface area (Å²) in [6.45, 7) is 10.5. The van der Waals surface area contributed by atoms with Crippen molar-refractivity contribution in [3.05, 3.63) is 46.3 Å². The van der Waals surface area contributed by atoms with Gasteiger partial charge in [-0.05, 0) is 53.7 Å². The molecule has 1 atom stereocenters. The molecule has 10 heteroatoms. The number of rotatable bonds is 5. The molecule has 1 amide bonds. The van der Waals surface area contributed by atoms with E-state index in [1.54, 1.807) is 31.6 Å². The number of carbonyl (C=O) groups excluding carboxylic acids is 2. The first-order chi connectivity index (χ1) is 15.6. The second-order valence-corrected chi connectivity index (χ2v) is 8.04. The summed E-state index contributed by atoms with van der Waals surface area (Å²) >= 11 is 0. The number of aryl methyl sites for hydroxylation is 5. The fourth-order valence-electron chi connectivity index (χ4n) is 3.74. The van der Waals surface area contributed by atoms with Crippen LogP contribution in [-0.2, 0) is 16.6 Å². The van der Waals surface area contributed by atoms with E-state index in [1.807, 2.05) is 26.8 Å². The van der Waals surface area contributed by atoms with Crippen LogP contribution in [0.1, 0.15) is 45.9 Å². The van der Waals surface area contributed by atoms with Crippen molar-refractivity contribution in [3.8, 4) is 11.3 Å². The van der Waals surface area contributed by atoms with Crippen molar-refractivity contribution in [3.63, 3.8) is 0 Å². The molecule has 4 aromatic heterocycles. The third-order valence-electron chi connectivity index (χ3n) is 5.56. The van der Waals surface area contributed by atoms with Gasteiger partial charge in [0.2, 0.25) is 0 Å². The van der Waals surface area contributed by atoms with Gasteiger partial charge >= 0.3 is 5.97 Å². The smallest absolute Gasteiger partial charge is 0.339 e. The van der Waals surface area contributed by atoms with Gasteiger partial charge in [0.1, 0.15) is 11.5 Å². The summed E-state index contributed by atoms with van der Waals surface area (Å²) in [5.41, 5.74) is 4.19. The lowest BCUT2D eigenvalue weighted by Gasteiger charge is -2.14.